The lowest BCUT2D eigenvalue weighted by molar-refractivity contribution is -0.143. The average molecular weight is 623 g/mol. The zero-order valence-electron chi connectivity index (χ0n) is 24.7. The first-order valence-electron chi connectivity index (χ1n) is 14.6. The van der Waals surface area contributed by atoms with Gasteiger partial charge in [0, 0.05) is 68.6 Å². The van der Waals surface area contributed by atoms with Crippen molar-refractivity contribution >= 4 is 16.8 Å². The largest absolute Gasteiger partial charge is 0.416 e. The first-order valence-corrected chi connectivity index (χ1v) is 14.6. The molecule has 1 amide bonds. The van der Waals surface area contributed by atoms with Gasteiger partial charge >= 0.3 is 12.4 Å². The van der Waals surface area contributed by atoms with Crippen LogP contribution in [-0.2, 0) is 23.6 Å². The summed E-state index contributed by atoms with van der Waals surface area (Å²) in [5.74, 6) is -0.854. The van der Waals surface area contributed by atoms with E-state index in [4.69, 9.17) is 4.74 Å². The molecule has 44 heavy (non-hydrogen) atoms. The Bertz CT molecular complexity index is 1460. The zero-order valence-corrected chi connectivity index (χ0v) is 24.7. The molecule has 2 fully saturated rings. The van der Waals surface area contributed by atoms with Gasteiger partial charge < -0.3 is 14.2 Å². The van der Waals surface area contributed by atoms with E-state index < -0.39 is 41.0 Å². The van der Waals surface area contributed by atoms with Gasteiger partial charge in [0.15, 0.2) is 0 Å². The summed E-state index contributed by atoms with van der Waals surface area (Å²) < 4.78 is 88.9. The first-order chi connectivity index (χ1) is 20.7. The van der Waals surface area contributed by atoms with Gasteiger partial charge in [0.05, 0.1) is 30.4 Å². The fourth-order valence-electron chi connectivity index (χ4n) is 5.93. The number of ether oxygens (including phenoxy) is 1. The van der Waals surface area contributed by atoms with Gasteiger partial charge in [-0.1, -0.05) is 30.4 Å². The maximum atomic E-state index is 13.7. The van der Waals surface area contributed by atoms with Crippen molar-refractivity contribution in [3.05, 3.63) is 83.6 Å². The van der Waals surface area contributed by atoms with Crippen molar-refractivity contribution in [2.75, 3.05) is 52.5 Å². The minimum atomic E-state index is -5.04. The summed E-state index contributed by atoms with van der Waals surface area (Å²) in [6, 6.07) is 10.2. The number of piperazine rings is 1. The highest BCUT2D eigenvalue weighted by Gasteiger charge is 2.39. The van der Waals surface area contributed by atoms with Crippen LogP contribution in [0.3, 0.4) is 0 Å². The Kier molecular flexibility index (Phi) is 9.16. The standard InChI is InChI=1S/C32H36F6N4O2/c1-30(2)22-44-16-15-41(30)11-6-5-10-39-13-14-42(27(20-39)21-40-12-9-23-7-3-4-8-28(23)40)29(43)24-17-25(31(33,34)35)19-26(18-24)32(36,37)38/h3-9,12,17-19,27H,10-11,13-16,20-22H2,1-2H3/t27-/m1/s1. The van der Waals surface area contributed by atoms with E-state index in [9.17, 15) is 31.1 Å². The quantitative estimate of drug-likeness (QED) is 0.234. The number of benzene rings is 2. The Morgan fingerprint density at radius 2 is 1.61 bits per heavy atom. The van der Waals surface area contributed by atoms with Gasteiger partial charge in [-0.05, 0) is 49.6 Å². The Balaban J connectivity index is 1.38. The topological polar surface area (TPSA) is 41.0 Å². The lowest BCUT2D eigenvalue weighted by Gasteiger charge is -2.42. The third-order valence-corrected chi connectivity index (χ3v) is 8.42. The number of morpholine rings is 1. The van der Waals surface area contributed by atoms with Crippen LogP contribution in [0.25, 0.3) is 10.9 Å². The van der Waals surface area contributed by atoms with Gasteiger partial charge in [-0.25, -0.2) is 0 Å². The van der Waals surface area contributed by atoms with E-state index in [1.807, 2.05) is 41.1 Å². The fourth-order valence-corrected chi connectivity index (χ4v) is 5.93. The van der Waals surface area contributed by atoms with Crippen LogP contribution in [0.15, 0.2) is 66.9 Å². The number of halogens is 6. The minimum Gasteiger partial charge on any atom is -0.378 e. The number of para-hydroxylation sites is 1. The van der Waals surface area contributed by atoms with E-state index in [1.54, 1.807) is 0 Å². The molecule has 3 aromatic rings. The van der Waals surface area contributed by atoms with Crippen molar-refractivity contribution in [1.29, 1.82) is 0 Å². The molecule has 1 atom stereocenters. The Morgan fingerprint density at radius 3 is 2.30 bits per heavy atom. The second-order valence-electron chi connectivity index (χ2n) is 12.0. The van der Waals surface area contributed by atoms with Crippen LogP contribution >= 0.6 is 0 Å². The summed E-state index contributed by atoms with van der Waals surface area (Å²) in [7, 11) is 0. The van der Waals surface area contributed by atoms with Crippen molar-refractivity contribution in [3.8, 4) is 0 Å². The SMILES string of the molecule is CC1(C)COCCN1CC=CCN1CCN(C(=O)c2cc(C(F)(F)F)cc(C(F)(F)F)c2)[C@@H](Cn2ccc3ccccc32)C1. The molecule has 0 unspecified atom stereocenters. The highest BCUT2D eigenvalue weighted by atomic mass is 19.4. The highest BCUT2D eigenvalue weighted by Crippen LogP contribution is 2.37. The second-order valence-corrected chi connectivity index (χ2v) is 12.0. The molecule has 0 radical (unpaired) electrons. The van der Waals surface area contributed by atoms with Crippen molar-refractivity contribution in [2.45, 2.75) is 44.3 Å². The van der Waals surface area contributed by atoms with Crippen molar-refractivity contribution in [1.82, 2.24) is 19.3 Å². The van der Waals surface area contributed by atoms with Gasteiger partial charge in [-0.2, -0.15) is 26.3 Å². The molecular weight excluding hydrogens is 586 g/mol. The van der Waals surface area contributed by atoms with Crippen LogP contribution in [0.5, 0.6) is 0 Å². The Hall–Kier alpha value is -3.35. The fraction of sp³-hybridized carbons (Fsp3) is 0.469. The normalized spacial score (nSPS) is 20.5. The molecular formula is C32H36F6N4O2. The summed E-state index contributed by atoms with van der Waals surface area (Å²) in [6.07, 6.45) is -4.04. The van der Waals surface area contributed by atoms with Gasteiger partial charge in [-0.15, -0.1) is 0 Å². The number of fused-ring (bicyclic) bond motifs is 1. The highest BCUT2D eigenvalue weighted by molar-refractivity contribution is 5.95. The monoisotopic (exact) mass is 622 g/mol. The van der Waals surface area contributed by atoms with Gasteiger partial charge in [0.25, 0.3) is 5.91 Å². The van der Waals surface area contributed by atoms with E-state index in [-0.39, 0.29) is 18.2 Å². The van der Waals surface area contributed by atoms with Crippen molar-refractivity contribution < 1.29 is 35.9 Å². The average Bonchev–Trinajstić information content (AvgIpc) is 3.37. The second kappa shape index (κ2) is 12.6. The number of carbonyl (C=O) groups excluding carboxylic acids is 1. The van der Waals surface area contributed by atoms with Crippen LogP contribution in [0.4, 0.5) is 26.3 Å². The molecule has 5 rings (SSSR count). The molecule has 238 valence electrons. The number of aromatic nitrogens is 1. The van der Waals surface area contributed by atoms with Crippen LogP contribution in [0.2, 0.25) is 0 Å². The summed E-state index contributed by atoms with van der Waals surface area (Å²) in [5.41, 5.74) is -2.79. The maximum Gasteiger partial charge on any atom is 0.416 e. The molecule has 3 heterocycles. The molecule has 0 N–H and O–H groups in total. The summed E-state index contributed by atoms with van der Waals surface area (Å²) >= 11 is 0. The summed E-state index contributed by atoms with van der Waals surface area (Å²) in [4.78, 5) is 19.6. The van der Waals surface area contributed by atoms with Crippen LogP contribution in [-0.4, -0.2) is 89.2 Å². The number of hydrogen-bond acceptors (Lipinski definition) is 4. The van der Waals surface area contributed by atoms with E-state index in [2.05, 4.69) is 35.8 Å². The molecule has 2 aromatic carbocycles. The number of hydrogen-bond donors (Lipinski definition) is 0. The predicted octanol–water partition coefficient (Wildman–Crippen LogP) is 6.17. The maximum absolute atomic E-state index is 13.7. The molecule has 0 aliphatic carbocycles. The third kappa shape index (κ3) is 7.30. The van der Waals surface area contributed by atoms with Gasteiger partial charge in [-0.3, -0.25) is 14.6 Å². The number of alkyl halides is 6. The lowest BCUT2D eigenvalue weighted by atomic mass is 10.0. The summed E-state index contributed by atoms with van der Waals surface area (Å²) in [6.45, 7) is 9.09. The zero-order chi connectivity index (χ0) is 31.7. The molecule has 2 saturated heterocycles. The van der Waals surface area contributed by atoms with Crippen molar-refractivity contribution in [3.63, 3.8) is 0 Å². The number of amides is 1. The minimum absolute atomic E-state index is 0.0442. The Morgan fingerprint density at radius 1 is 0.932 bits per heavy atom. The van der Waals surface area contributed by atoms with Crippen LogP contribution in [0.1, 0.15) is 35.3 Å². The van der Waals surface area contributed by atoms with E-state index >= 15 is 0 Å². The Labute approximate surface area is 252 Å². The smallest absolute Gasteiger partial charge is 0.378 e. The van der Waals surface area contributed by atoms with Crippen LogP contribution in [0, 0.1) is 0 Å². The van der Waals surface area contributed by atoms with Gasteiger partial charge in [0.2, 0.25) is 0 Å². The predicted molar refractivity (Wildman–Crippen MR) is 155 cm³/mol. The van der Waals surface area contributed by atoms with Gasteiger partial charge in [0.1, 0.15) is 0 Å². The van der Waals surface area contributed by atoms with E-state index in [0.29, 0.717) is 51.5 Å². The molecule has 0 spiro atoms. The van der Waals surface area contributed by atoms with E-state index in [1.165, 1.54) is 4.90 Å². The molecule has 1 aromatic heterocycles. The molecule has 6 nitrogen and oxygen atoms in total. The molecule has 12 heteroatoms. The first kappa shape index (κ1) is 32.1. The van der Waals surface area contributed by atoms with E-state index in [0.717, 1.165) is 24.0 Å². The number of rotatable bonds is 7. The third-order valence-electron chi connectivity index (χ3n) is 8.42. The molecule has 2 aliphatic rings. The molecule has 2 aliphatic heterocycles. The summed E-state index contributed by atoms with van der Waals surface area (Å²) in [5, 5.41) is 0.986. The molecule has 0 saturated carbocycles. The molecule has 0 bridgehead atoms. The lowest BCUT2D eigenvalue weighted by Crippen LogP contribution is -2.56. The van der Waals surface area contributed by atoms with Crippen LogP contribution < -0.4 is 0 Å². The van der Waals surface area contributed by atoms with Crippen molar-refractivity contribution in [2.24, 2.45) is 0 Å². The number of carbonyl (C=O) groups is 1. The number of nitrogens with zero attached hydrogens (tertiary/aromatic N) is 4.